The molecule has 1 aromatic rings. The van der Waals surface area contributed by atoms with Gasteiger partial charge in [-0.2, -0.15) is 0 Å². The molecule has 0 aromatic carbocycles. The number of rotatable bonds is 1. The minimum atomic E-state index is 0.768. The lowest BCUT2D eigenvalue weighted by atomic mass is 10.3. The molecule has 0 saturated carbocycles. The summed E-state index contributed by atoms with van der Waals surface area (Å²) < 4.78 is 10.3. The van der Waals surface area contributed by atoms with E-state index in [1.54, 1.807) is 13.4 Å². The molecular weight excluding hydrogens is 142 g/mol. The largest absolute Gasteiger partial charge is 0.482 e. The average molecular weight is 151 g/mol. The standard InChI is InChI=1S/C8H9NO2/c1-10-8-6-3-5-11-7(6)2-4-9-8/h2-3,5,9H,4H2,1H3. The predicted molar refractivity (Wildman–Crippen MR) is 40.8 cm³/mol. The van der Waals surface area contributed by atoms with Crippen LogP contribution in [0.3, 0.4) is 0 Å². The van der Waals surface area contributed by atoms with Gasteiger partial charge in [-0.15, -0.1) is 0 Å². The summed E-state index contributed by atoms with van der Waals surface area (Å²) in [4.78, 5) is 0. The fourth-order valence-electron chi connectivity index (χ4n) is 1.18. The van der Waals surface area contributed by atoms with Gasteiger partial charge in [0.25, 0.3) is 0 Å². The third-order valence-electron chi connectivity index (χ3n) is 1.69. The number of ether oxygens (including phenoxy) is 1. The zero-order valence-electron chi connectivity index (χ0n) is 6.26. The lowest BCUT2D eigenvalue weighted by molar-refractivity contribution is 0.337. The van der Waals surface area contributed by atoms with Gasteiger partial charge in [0, 0.05) is 6.54 Å². The van der Waals surface area contributed by atoms with Crippen LogP contribution < -0.4 is 16.0 Å². The van der Waals surface area contributed by atoms with Gasteiger partial charge in [-0.1, -0.05) is 0 Å². The molecule has 1 N–H and O–H groups in total. The Kier molecular flexibility index (Phi) is 1.35. The van der Waals surface area contributed by atoms with Crippen LogP contribution >= 0.6 is 0 Å². The van der Waals surface area contributed by atoms with E-state index in [-0.39, 0.29) is 0 Å². The second kappa shape index (κ2) is 2.34. The summed E-state index contributed by atoms with van der Waals surface area (Å²) in [6.45, 7) is 0.768. The highest BCUT2D eigenvalue weighted by Gasteiger charge is 2.03. The molecule has 1 aliphatic rings. The number of furan rings is 1. The lowest BCUT2D eigenvalue weighted by Crippen LogP contribution is -2.35. The van der Waals surface area contributed by atoms with E-state index in [1.807, 2.05) is 12.1 Å². The Bertz CT molecular complexity index is 364. The van der Waals surface area contributed by atoms with Crippen LogP contribution in [-0.4, -0.2) is 13.7 Å². The van der Waals surface area contributed by atoms with Crippen molar-refractivity contribution in [3.63, 3.8) is 0 Å². The van der Waals surface area contributed by atoms with E-state index in [9.17, 15) is 0 Å². The summed E-state index contributed by atoms with van der Waals surface area (Å²) in [6, 6.07) is 1.89. The molecule has 11 heavy (non-hydrogen) atoms. The van der Waals surface area contributed by atoms with Crippen LogP contribution in [0.15, 0.2) is 16.7 Å². The van der Waals surface area contributed by atoms with Crippen LogP contribution in [0.25, 0.3) is 12.0 Å². The maximum absolute atomic E-state index is 5.19. The Morgan fingerprint density at radius 1 is 1.64 bits per heavy atom. The van der Waals surface area contributed by atoms with E-state index >= 15 is 0 Å². The van der Waals surface area contributed by atoms with Crippen molar-refractivity contribution in [2.75, 3.05) is 13.7 Å². The summed E-state index contributed by atoms with van der Waals surface area (Å²) in [7, 11) is 1.64. The van der Waals surface area contributed by atoms with Gasteiger partial charge in [0.2, 0.25) is 0 Å². The molecule has 0 fully saturated rings. The molecule has 58 valence electrons. The third-order valence-corrected chi connectivity index (χ3v) is 1.69. The molecule has 1 aliphatic heterocycles. The Morgan fingerprint density at radius 2 is 2.55 bits per heavy atom. The normalized spacial score (nSPS) is 14.8. The first-order valence-corrected chi connectivity index (χ1v) is 3.47. The molecule has 0 radical (unpaired) electrons. The SMILES string of the molecule is COC1=c2ccoc2=CCN1. The molecular formula is C8H9NO2. The van der Waals surface area contributed by atoms with Gasteiger partial charge in [0.1, 0.15) is 5.42 Å². The van der Waals surface area contributed by atoms with Crippen LogP contribution in [0.2, 0.25) is 0 Å². The van der Waals surface area contributed by atoms with E-state index in [0.717, 1.165) is 23.1 Å². The van der Waals surface area contributed by atoms with Gasteiger partial charge in [0.05, 0.1) is 18.6 Å². The monoisotopic (exact) mass is 151 g/mol. The van der Waals surface area contributed by atoms with E-state index in [2.05, 4.69) is 5.32 Å². The molecule has 0 unspecified atom stereocenters. The van der Waals surface area contributed by atoms with E-state index in [1.165, 1.54) is 0 Å². The van der Waals surface area contributed by atoms with Crippen molar-refractivity contribution in [1.29, 1.82) is 0 Å². The molecule has 2 heterocycles. The van der Waals surface area contributed by atoms with Crippen molar-refractivity contribution in [1.82, 2.24) is 5.32 Å². The van der Waals surface area contributed by atoms with Crippen LogP contribution in [-0.2, 0) is 4.74 Å². The number of nitrogens with one attached hydrogen (secondary N) is 1. The maximum Gasteiger partial charge on any atom is 0.198 e. The Labute approximate surface area is 64.0 Å². The summed E-state index contributed by atoms with van der Waals surface area (Å²) in [5.74, 6) is 0.788. The molecule has 3 heteroatoms. The zero-order valence-corrected chi connectivity index (χ0v) is 6.26. The molecule has 3 nitrogen and oxygen atoms in total. The van der Waals surface area contributed by atoms with Crippen LogP contribution in [0.5, 0.6) is 0 Å². The first-order chi connectivity index (χ1) is 5.42. The second-order valence-electron chi connectivity index (χ2n) is 2.32. The first-order valence-electron chi connectivity index (χ1n) is 3.47. The topological polar surface area (TPSA) is 34.4 Å². The molecule has 0 saturated heterocycles. The fourth-order valence-corrected chi connectivity index (χ4v) is 1.18. The van der Waals surface area contributed by atoms with Gasteiger partial charge in [-0.05, 0) is 12.1 Å². The molecule has 0 bridgehead atoms. The van der Waals surface area contributed by atoms with Crippen molar-refractivity contribution >= 4 is 12.0 Å². The molecule has 0 atom stereocenters. The van der Waals surface area contributed by atoms with Gasteiger partial charge >= 0.3 is 0 Å². The number of methoxy groups -OCH3 is 1. The van der Waals surface area contributed by atoms with Crippen molar-refractivity contribution < 1.29 is 9.15 Å². The number of hydrogen-bond acceptors (Lipinski definition) is 3. The van der Waals surface area contributed by atoms with Crippen LogP contribution in [0.4, 0.5) is 0 Å². The van der Waals surface area contributed by atoms with Gasteiger partial charge in [-0.25, -0.2) is 0 Å². The molecule has 0 spiro atoms. The highest BCUT2D eigenvalue weighted by atomic mass is 16.5. The van der Waals surface area contributed by atoms with Gasteiger partial charge < -0.3 is 14.5 Å². The number of fused-ring (bicyclic) bond motifs is 1. The van der Waals surface area contributed by atoms with Gasteiger partial charge in [0.15, 0.2) is 5.88 Å². The quantitative estimate of drug-likeness (QED) is 0.580. The maximum atomic E-state index is 5.19. The molecule has 0 amide bonds. The van der Waals surface area contributed by atoms with E-state index in [0.29, 0.717) is 0 Å². The second-order valence-corrected chi connectivity index (χ2v) is 2.32. The van der Waals surface area contributed by atoms with Crippen molar-refractivity contribution in [3.8, 4) is 0 Å². The average Bonchev–Trinajstić information content (AvgIpc) is 2.50. The van der Waals surface area contributed by atoms with Crippen molar-refractivity contribution in [2.24, 2.45) is 0 Å². The predicted octanol–water partition coefficient (Wildman–Crippen LogP) is -0.625. The minimum Gasteiger partial charge on any atom is -0.482 e. The van der Waals surface area contributed by atoms with Crippen molar-refractivity contribution in [3.05, 3.63) is 23.0 Å². The Balaban J connectivity index is 2.77. The van der Waals surface area contributed by atoms with Gasteiger partial charge in [-0.3, -0.25) is 0 Å². The highest BCUT2D eigenvalue weighted by Crippen LogP contribution is 1.89. The lowest BCUT2D eigenvalue weighted by Gasteiger charge is -2.08. The molecule has 1 aromatic heterocycles. The van der Waals surface area contributed by atoms with Crippen LogP contribution in [0.1, 0.15) is 0 Å². The summed E-state index contributed by atoms with van der Waals surface area (Å²) in [5, 5.41) is 4.09. The zero-order chi connectivity index (χ0) is 7.68. The van der Waals surface area contributed by atoms with E-state index in [4.69, 9.17) is 9.15 Å². The Hall–Kier alpha value is -1.38. The van der Waals surface area contributed by atoms with Crippen LogP contribution in [0, 0.1) is 0 Å². The summed E-state index contributed by atoms with van der Waals surface area (Å²) in [6.07, 6.45) is 3.64. The fraction of sp³-hybridized carbons (Fsp3) is 0.250. The molecule has 2 rings (SSSR count). The Morgan fingerprint density at radius 3 is 3.36 bits per heavy atom. The smallest absolute Gasteiger partial charge is 0.198 e. The molecule has 0 aliphatic carbocycles. The summed E-state index contributed by atoms with van der Waals surface area (Å²) in [5.41, 5.74) is 0.889. The number of hydrogen-bond donors (Lipinski definition) is 1. The first kappa shape index (κ1) is 6.34. The highest BCUT2D eigenvalue weighted by molar-refractivity contribution is 5.41. The van der Waals surface area contributed by atoms with E-state index < -0.39 is 0 Å². The summed E-state index contributed by atoms with van der Waals surface area (Å²) >= 11 is 0. The van der Waals surface area contributed by atoms with Crippen molar-refractivity contribution in [2.45, 2.75) is 0 Å². The third kappa shape index (κ3) is 0.888. The minimum absolute atomic E-state index is 0.768.